The van der Waals surface area contributed by atoms with Gasteiger partial charge in [-0.1, -0.05) is 30.3 Å². The SMILES string of the molecule is CC(NC(=O)c1cnc(N2CCN(c3ncccn3)CC2)nc1)c1ccccc1. The van der Waals surface area contributed by atoms with Crippen LogP contribution in [0.15, 0.2) is 61.2 Å². The van der Waals surface area contributed by atoms with Crippen molar-refractivity contribution in [1.82, 2.24) is 25.3 Å². The van der Waals surface area contributed by atoms with Crippen molar-refractivity contribution in [2.75, 3.05) is 36.0 Å². The fourth-order valence-corrected chi connectivity index (χ4v) is 3.27. The summed E-state index contributed by atoms with van der Waals surface area (Å²) in [5.74, 6) is 1.19. The smallest absolute Gasteiger partial charge is 0.254 e. The minimum absolute atomic E-state index is 0.0864. The summed E-state index contributed by atoms with van der Waals surface area (Å²) in [6, 6.07) is 11.6. The highest BCUT2D eigenvalue weighted by atomic mass is 16.1. The number of amides is 1. The number of nitrogens with one attached hydrogen (secondary N) is 1. The second kappa shape index (κ2) is 8.64. The van der Waals surface area contributed by atoms with E-state index in [9.17, 15) is 4.79 Å². The van der Waals surface area contributed by atoms with E-state index in [1.807, 2.05) is 43.3 Å². The van der Waals surface area contributed by atoms with Gasteiger partial charge in [0.25, 0.3) is 5.91 Å². The van der Waals surface area contributed by atoms with Gasteiger partial charge in [-0.05, 0) is 18.6 Å². The molecule has 1 aliphatic rings. The predicted octanol–water partition coefficient (Wildman–Crippen LogP) is 2.08. The summed E-state index contributed by atoms with van der Waals surface area (Å²) in [5, 5.41) is 2.98. The molecule has 1 amide bonds. The van der Waals surface area contributed by atoms with Crippen LogP contribution in [0, 0.1) is 0 Å². The lowest BCUT2D eigenvalue weighted by molar-refractivity contribution is 0.0939. The first-order valence-electron chi connectivity index (χ1n) is 9.65. The lowest BCUT2D eigenvalue weighted by Crippen LogP contribution is -2.47. The first-order chi connectivity index (χ1) is 14.2. The van der Waals surface area contributed by atoms with Gasteiger partial charge in [0.1, 0.15) is 0 Å². The Morgan fingerprint density at radius 2 is 1.41 bits per heavy atom. The Labute approximate surface area is 169 Å². The van der Waals surface area contributed by atoms with Gasteiger partial charge in [-0.2, -0.15) is 0 Å². The molecule has 1 unspecified atom stereocenters. The third-order valence-electron chi connectivity index (χ3n) is 4.95. The molecule has 0 radical (unpaired) electrons. The highest BCUT2D eigenvalue weighted by molar-refractivity contribution is 5.93. The second-order valence-corrected chi connectivity index (χ2v) is 6.90. The number of aromatic nitrogens is 4. The molecule has 1 N–H and O–H groups in total. The lowest BCUT2D eigenvalue weighted by atomic mass is 10.1. The van der Waals surface area contributed by atoms with Crippen LogP contribution in [-0.4, -0.2) is 52.0 Å². The monoisotopic (exact) mass is 389 g/mol. The van der Waals surface area contributed by atoms with Crippen LogP contribution >= 0.6 is 0 Å². The molecule has 1 aliphatic heterocycles. The zero-order valence-electron chi connectivity index (χ0n) is 16.3. The summed E-state index contributed by atoms with van der Waals surface area (Å²) in [4.78, 5) is 34.1. The number of hydrogen-bond donors (Lipinski definition) is 1. The van der Waals surface area contributed by atoms with Crippen molar-refractivity contribution >= 4 is 17.8 Å². The Morgan fingerprint density at radius 1 is 0.862 bits per heavy atom. The van der Waals surface area contributed by atoms with Crippen molar-refractivity contribution in [1.29, 1.82) is 0 Å². The number of anilines is 2. The molecule has 2 aromatic heterocycles. The van der Waals surface area contributed by atoms with Gasteiger partial charge in [0.05, 0.1) is 11.6 Å². The van der Waals surface area contributed by atoms with Crippen LogP contribution in [0.25, 0.3) is 0 Å². The van der Waals surface area contributed by atoms with Gasteiger partial charge in [-0.15, -0.1) is 0 Å². The molecule has 1 fully saturated rings. The summed E-state index contributed by atoms with van der Waals surface area (Å²) in [6.07, 6.45) is 6.67. The first-order valence-corrected chi connectivity index (χ1v) is 9.65. The molecule has 4 rings (SSSR count). The van der Waals surface area contributed by atoms with Crippen LogP contribution in [0.5, 0.6) is 0 Å². The maximum atomic E-state index is 12.5. The van der Waals surface area contributed by atoms with E-state index >= 15 is 0 Å². The average Bonchev–Trinajstić information content (AvgIpc) is 2.80. The first kappa shape index (κ1) is 18.8. The van der Waals surface area contributed by atoms with Crippen LogP contribution < -0.4 is 15.1 Å². The van der Waals surface area contributed by atoms with E-state index in [2.05, 4.69) is 35.1 Å². The molecular formula is C21H23N7O. The van der Waals surface area contributed by atoms with E-state index in [0.29, 0.717) is 11.5 Å². The molecular weight excluding hydrogens is 366 g/mol. The van der Waals surface area contributed by atoms with Crippen LogP contribution in [0.1, 0.15) is 28.9 Å². The molecule has 148 valence electrons. The van der Waals surface area contributed by atoms with E-state index in [4.69, 9.17) is 0 Å². The minimum Gasteiger partial charge on any atom is -0.345 e. The number of piperazine rings is 1. The van der Waals surface area contributed by atoms with Crippen molar-refractivity contribution in [2.45, 2.75) is 13.0 Å². The van der Waals surface area contributed by atoms with Gasteiger partial charge >= 0.3 is 0 Å². The van der Waals surface area contributed by atoms with E-state index in [1.165, 1.54) is 0 Å². The lowest BCUT2D eigenvalue weighted by Gasteiger charge is -2.34. The van der Waals surface area contributed by atoms with Crippen LogP contribution in [0.3, 0.4) is 0 Å². The van der Waals surface area contributed by atoms with Crippen LogP contribution in [-0.2, 0) is 0 Å². The summed E-state index contributed by atoms with van der Waals surface area (Å²) in [7, 11) is 0. The number of nitrogens with zero attached hydrogens (tertiary/aromatic N) is 6. The molecule has 0 aliphatic carbocycles. The highest BCUT2D eigenvalue weighted by Gasteiger charge is 2.21. The van der Waals surface area contributed by atoms with Crippen LogP contribution in [0.2, 0.25) is 0 Å². The molecule has 8 nitrogen and oxygen atoms in total. The Balaban J connectivity index is 1.34. The maximum absolute atomic E-state index is 12.5. The Kier molecular flexibility index (Phi) is 5.60. The molecule has 3 heterocycles. The molecule has 1 atom stereocenters. The Bertz CT molecular complexity index is 926. The van der Waals surface area contributed by atoms with Gasteiger partial charge in [0.2, 0.25) is 11.9 Å². The van der Waals surface area contributed by atoms with Crippen LogP contribution in [0.4, 0.5) is 11.9 Å². The minimum atomic E-state index is -0.182. The van der Waals surface area contributed by atoms with Crippen molar-refractivity contribution in [3.63, 3.8) is 0 Å². The predicted molar refractivity (Wildman–Crippen MR) is 111 cm³/mol. The summed E-state index contributed by atoms with van der Waals surface area (Å²) < 4.78 is 0. The third kappa shape index (κ3) is 4.48. The van der Waals surface area contributed by atoms with Gasteiger partial charge < -0.3 is 15.1 Å². The number of rotatable bonds is 5. The van der Waals surface area contributed by atoms with E-state index in [1.54, 1.807) is 24.8 Å². The van der Waals surface area contributed by atoms with Gasteiger partial charge in [-0.3, -0.25) is 4.79 Å². The summed E-state index contributed by atoms with van der Waals surface area (Å²) in [5.41, 5.74) is 1.51. The van der Waals surface area contributed by atoms with E-state index in [-0.39, 0.29) is 11.9 Å². The fraction of sp³-hybridized carbons (Fsp3) is 0.286. The van der Waals surface area contributed by atoms with Crippen molar-refractivity contribution in [2.24, 2.45) is 0 Å². The molecule has 29 heavy (non-hydrogen) atoms. The van der Waals surface area contributed by atoms with Gasteiger partial charge in [0, 0.05) is 51.0 Å². The third-order valence-corrected chi connectivity index (χ3v) is 4.95. The normalized spacial score (nSPS) is 15.1. The zero-order valence-corrected chi connectivity index (χ0v) is 16.3. The number of carbonyl (C=O) groups is 1. The summed E-state index contributed by atoms with van der Waals surface area (Å²) in [6.45, 7) is 5.09. The zero-order chi connectivity index (χ0) is 20.1. The van der Waals surface area contributed by atoms with Crippen molar-refractivity contribution in [3.05, 3.63) is 72.3 Å². The quantitative estimate of drug-likeness (QED) is 0.715. The second-order valence-electron chi connectivity index (χ2n) is 6.90. The standard InChI is InChI=1S/C21H23N7O/c1-16(17-6-3-2-4-7-17)26-19(29)18-14-24-21(25-15-18)28-12-10-27(11-13-28)20-22-8-5-9-23-20/h2-9,14-16H,10-13H2,1H3,(H,26,29). The summed E-state index contributed by atoms with van der Waals surface area (Å²) >= 11 is 0. The van der Waals surface area contributed by atoms with Crippen molar-refractivity contribution in [3.8, 4) is 0 Å². The molecule has 1 aromatic carbocycles. The van der Waals surface area contributed by atoms with Gasteiger partial charge in [-0.25, -0.2) is 19.9 Å². The molecule has 3 aromatic rings. The molecule has 0 bridgehead atoms. The largest absolute Gasteiger partial charge is 0.345 e. The van der Waals surface area contributed by atoms with E-state index in [0.717, 1.165) is 37.7 Å². The topological polar surface area (TPSA) is 87.1 Å². The fourth-order valence-electron chi connectivity index (χ4n) is 3.27. The molecule has 0 saturated carbocycles. The maximum Gasteiger partial charge on any atom is 0.254 e. The van der Waals surface area contributed by atoms with Gasteiger partial charge in [0.15, 0.2) is 0 Å². The number of hydrogen-bond acceptors (Lipinski definition) is 7. The molecule has 8 heteroatoms. The Morgan fingerprint density at radius 3 is 2.00 bits per heavy atom. The number of carbonyl (C=O) groups excluding carboxylic acids is 1. The molecule has 1 saturated heterocycles. The van der Waals surface area contributed by atoms with Crippen molar-refractivity contribution < 1.29 is 4.79 Å². The Hall–Kier alpha value is -3.55. The molecule has 0 spiro atoms. The highest BCUT2D eigenvalue weighted by Crippen LogP contribution is 2.15. The number of benzene rings is 1. The van der Waals surface area contributed by atoms with E-state index < -0.39 is 0 Å². The average molecular weight is 389 g/mol.